The first kappa shape index (κ1) is 36.4. The molecule has 0 aliphatic carbocycles. The first-order valence-corrected chi connectivity index (χ1v) is 18.8. The van der Waals surface area contributed by atoms with E-state index in [1.165, 1.54) is 0 Å². The fourth-order valence-corrected chi connectivity index (χ4v) is 9.06. The number of piperidine rings is 2. The maximum absolute atomic E-state index is 14.2. The lowest BCUT2D eigenvalue weighted by molar-refractivity contribution is -0.144. The van der Waals surface area contributed by atoms with Crippen LogP contribution in [0, 0.1) is 5.92 Å². The lowest BCUT2D eigenvalue weighted by Crippen LogP contribution is -2.59. The van der Waals surface area contributed by atoms with Crippen LogP contribution in [0.25, 0.3) is 0 Å². The Bertz CT molecular complexity index is 1570. The van der Waals surface area contributed by atoms with Crippen LogP contribution in [0.15, 0.2) is 45.3 Å². The van der Waals surface area contributed by atoms with Crippen molar-refractivity contribution in [2.24, 2.45) is 5.92 Å². The summed E-state index contributed by atoms with van der Waals surface area (Å²) in [5, 5.41) is 12.3. The van der Waals surface area contributed by atoms with Gasteiger partial charge in [-0.25, -0.2) is 9.59 Å². The lowest BCUT2D eigenvalue weighted by Gasteiger charge is -2.45. The fraction of sp³-hybridized carbons (Fsp3) is 0.543. The maximum atomic E-state index is 14.2. The van der Waals surface area contributed by atoms with Gasteiger partial charge in [0.05, 0.1) is 11.6 Å². The number of fused-ring (bicyclic) bond motifs is 1. The van der Waals surface area contributed by atoms with Crippen molar-refractivity contribution < 1.29 is 29.0 Å². The average Bonchev–Trinajstić information content (AvgIpc) is 3.09. The Morgan fingerprint density at radius 3 is 2.28 bits per heavy atom. The molecule has 50 heavy (non-hydrogen) atoms. The van der Waals surface area contributed by atoms with Crippen LogP contribution in [-0.4, -0.2) is 125 Å². The molecule has 2 aromatic rings. The van der Waals surface area contributed by atoms with Crippen molar-refractivity contribution in [2.45, 2.75) is 63.4 Å². The second-order valence-corrected chi connectivity index (χ2v) is 15.5. The number of nitrogens with two attached hydrogens (primary N) is 1. The summed E-state index contributed by atoms with van der Waals surface area (Å²) < 4.78 is 6.67. The predicted molar refractivity (Wildman–Crippen MR) is 195 cm³/mol. The summed E-state index contributed by atoms with van der Waals surface area (Å²) in [5.41, 5.74) is 9.52. The summed E-state index contributed by atoms with van der Waals surface area (Å²) in [5.74, 6) is -0.698. The topological polar surface area (TPSA) is 152 Å². The molecule has 4 amide bonds. The molecule has 3 fully saturated rings. The van der Waals surface area contributed by atoms with Crippen molar-refractivity contribution in [2.75, 3.05) is 63.9 Å². The molecule has 4 N–H and O–H groups in total. The number of hydrogen-bond acceptors (Lipinski definition) is 8. The van der Waals surface area contributed by atoms with Crippen LogP contribution in [0.2, 0.25) is 0 Å². The fourth-order valence-electron chi connectivity index (χ4n) is 7.78. The van der Waals surface area contributed by atoms with Gasteiger partial charge < -0.3 is 40.5 Å². The van der Waals surface area contributed by atoms with Crippen molar-refractivity contribution in [3.8, 4) is 0 Å². The van der Waals surface area contributed by atoms with E-state index in [2.05, 4.69) is 47.0 Å². The number of amides is 4. The number of nitrogen functional groups attached to an aromatic ring is 1. The number of urea groups is 1. The first-order valence-electron chi connectivity index (χ1n) is 17.3. The minimum Gasteiger partial charge on any atom is -0.450 e. The smallest absolute Gasteiger partial charge is 0.450 e. The lowest BCUT2D eigenvalue weighted by atomic mass is 9.91. The highest BCUT2D eigenvalue weighted by Gasteiger charge is 2.38. The van der Waals surface area contributed by atoms with Crippen LogP contribution in [0.1, 0.15) is 43.2 Å². The number of likely N-dealkylation sites (N-methyl/N-ethyl adjacent to an activating group) is 1. The third kappa shape index (κ3) is 8.38. The van der Waals surface area contributed by atoms with Gasteiger partial charge in [-0.1, -0.05) is 18.2 Å². The van der Waals surface area contributed by atoms with Gasteiger partial charge in [-0.15, -0.1) is 0 Å². The first-order chi connectivity index (χ1) is 24.0. The molecule has 3 saturated heterocycles. The molecule has 0 aromatic heterocycles. The van der Waals surface area contributed by atoms with Gasteiger partial charge in [-0.05, 0) is 100 Å². The minimum atomic E-state index is -1.29. The molecule has 2 atom stereocenters. The zero-order valence-corrected chi connectivity index (χ0v) is 31.4. The molecule has 4 heterocycles. The van der Waals surface area contributed by atoms with E-state index in [1.54, 1.807) is 0 Å². The van der Waals surface area contributed by atoms with Crippen molar-refractivity contribution in [3.63, 3.8) is 0 Å². The highest BCUT2D eigenvalue weighted by molar-refractivity contribution is 9.11. The SMILES string of the molecule is CN1CCN(C2CCN(C(=O)C(CC(=O)N3CCC(N4Cc5ccccc5NC4=O)CC3)Cc3cc(Br)c(N)c(Br)c3)CC2)C(OC(=O)O)C1. The van der Waals surface area contributed by atoms with Gasteiger partial charge in [0.15, 0.2) is 6.23 Å². The molecule has 0 bridgehead atoms. The second-order valence-electron chi connectivity index (χ2n) is 13.8. The number of ether oxygens (including phenoxy) is 1. The Morgan fingerprint density at radius 2 is 1.60 bits per heavy atom. The zero-order valence-electron chi connectivity index (χ0n) is 28.2. The summed E-state index contributed by atoms with van der Waals surface area (Å²) in [7, 11) is 1.95. The zero-order chi connectivity index (χ0) is 35.5. The van der Waals surface area contributed by atoms with Crippen molar-refractivity contribution in [1.82, 2.24) is 24.5 Å². The molecule has 6 rings (SSSR count). The number of hydrogen-bond donors (Lipinski definition) is 3. The Morgan fingerprint density at radius 1 is 0.960 bits per heavy atom. The van der Waals surface area contributed by atoms with Crippen LogP contribution >= 0.6 is 31.9 Å². The average molecular weight is 820 g/mol. The maximum Gasteiger partial charge on any atom is 0.507 e. The van der Waals surface area contributed by atoms with Crippen molar-refractivity contribution in [3.05, 3.63) is 56.5 Å². The van der Waals surface area contributed by atoms with Crippen LogP contribution in [-0.2, 0) is 27.3 Å². The van der Waals surface area contributed by atoms with Crippen molar-refractivity contribution in [1.29, 1.82) is 0 Å². The number of piperazine rings is 1. The standard InChI is InChI=1S/C35H45Br2N7O6/c1-40-14-15-43(31(21-40)50-35(48)49)25-8-12-42(13-9-25)33(46)24(16-22-17-27(36)32(38)28(37)18-22)19-30(45)41-10-6-26(7-11-41)44-20-23-4-2-3-5-29(23)39-34(44)47/h2-5,17-18,24-26,31H,6-16,19-21,38H2,1H3,(H,39,47)(H,48,49). The largest absolute Gasteiger partial charge is 0.507 e. The molecule has 2 unspecified atom stereocenters. The van der Waals surface area contributed by atoms with Crippen LogP contribution in [0.5, 0.6) is 0 Å². The van der Waals surface area contributed by atoms with E-state index < -0.39 is 18.3 Å². The number of likely N-dealkylation sites (tertiary alicyclic amines) is 2. The Kier molecular flexibility index (Phi) is 11.6. The predicted octanol–water partition coefficient (Wildman–Crippen LogP) is 4.64. The molecule has 2 aromatic carbocycles. The van der Waals surface area contributed by atoms with E-state index in [1.807, 2.05) is 58.1 Å². The van der Waals surface area contributed by atoms with E-state index in [-0.39, 0.29) is 36.3 Å². The molecule has 4 aliphatic rings. The Labute approximate surface area is 309 Å². The summed E-state index contributed by atoms with van der Waals surface area (Å²) in [4.78, 5) is 62.1. The normalized spacial score (nSPS) is 21.8. The van der Waals surface area contributed by atoms with E-state index >= 15 is 0 Å². The number of nitrogens with one attached hydrogen (secondary N) is 1. The number of nitrogens with zero attached hydrogens (tertiary/aromatic N) is 5. The van der Waals surface area contributed by atoms with E-state index in [0.29, 0.717) is 83.6 Å². The van der Waals surface area contributed by atoms with E-state index in [4.69, 9.17) is 10.5 Å². The molecular formula is C35H45Br2N7O6. The highest BCUT2D eigenvalue weighted by atomic mass is 79.9. The quantitative estimate of drug-likeness (QED) is 0.256. The monoisotopic (exact) mass is 817 g/mol. The minimum absolute atomic E-state index is 0.0245. The summed E-state index contributed by atoms with van der Waals surface area (Å²) in [6.07, 6.45) is 1.34. The number of carbonyl (C=O) groups excluding carboxylic acids is 3. The van der Waals surface area contributed by atoms with Gasteiger partial charge >= 0.3 is 12.2 Å². The number of carboxylic acid groups (broad SMARTS) is 1. The third-order valence-corrected chi connectivity index (χ3v) is 11.9. The number of benzene rings is 2. The molecule has 270 valence electrons. The van der Waals surface area contributed by atoms with Crippen LogP contribution in [0.3, 0.4) is 0 Å². The molecule has 0 spiro atoms. The van der Waals surface area contributed by atoms with Gasteiger partial charge in [0.25, 0.3) is 0 Å². The molecule has 13 nitrogen and oxygen atoms in total. The summed E-state index contributed by atoms with van der Waals surface area (Å²) in [6.45, 7) is 4.62. The summed E-state index contributed by atoms with van der Waals surface area (Å²) >= 11 is 7.04. The van der Waals surface area contributed by atoms with E-state index in [9.17, 15) is 24.3 Å². The molecule has 0 radical (unpaired) electrons. The molecule has 0 saturated carbocycles. The van der Waals surface area contributed by atoms with Crippen molar-refractivity contribution >= 4 is 67.2 Å². The number of halogens is 2. The third-order valence-electron chi connectivity index (χ3n) is 10.6. The number of rotatable bonds is 8. The van der Waals surface area contributed by atoms with E-state index in [0.717, 1.165) is 32.3 Å². The number of carbonyl (C=O) groups is 4. The van der Waals surface area contributed by atoms with Crippen LogP contribution in [0.4, 0.5) is 21.0 Å². The Balaban J connectivity index is 1.10. The number of para-hydroxylation sites is 1. The second kappa shape index (κ2) is 15.9. The highest BCUT2D eigenvalue weighted by Crippen LogP contribution is 2.33. The van der Waals surface area contributed by atoms with Gasteiger partial charge in [-0.2, -0.15) is 0 Å². The van der Waals surface area contributed by atoms with Gasteiger partial charge in [-0.3, -0.25) is 14.5 Å². The molecular weight excluding hydrogens is 774 g/mol. The van der Waals surface area contributed by atoms with Gasteiger partial charge in [0.1, 0.15) is 0 Å². The number of anilines is 2. The van der Waals surface area contributed by atoms with Gasteiger partial charge in [0.2, 0.25) is 11.8 Å². The van der Waals surface area contributed by atoms with Gasteiger partial charge in [0, 0.05) is 85.5 Å². The summed E-state index contributed by atoms with van der Waals surface area (Å²) in [6, 6.07) is 11.6. The Hall–Kier alpha value is -3.40. The molecule has 4 aliphatic heterocycles. The molecule has 15 heteroatoms. The van der Waals surface area contributed by atoms with Crippen LogP contribution < -0.4 is 11.1 Å².